The molecule has 0 aliphatic carbocycles. The second-order valence-electron chi connectivity index (χ2n) is 15.9. The molecule has 1 amide bonds. The van der Waals surface area contributed by atoms with Crippen molar-refractivity contribution in [1.82, 2.24) is 24.4 Å². The predicted octanol–water partition coefficient (Wildman–Crippen LogP) is 9.60. The van der Waals surface area contributed by atoms with Crippen LogP contribution in [0.5, 0.6) is 0 Å². The smallest absolute Gasteiger partial charge is 0.420 e. The van der Waals surface area contributed by atoms with Crippen molar-refractivity contribution in [2.24, 2.45) is 0 Å². The molecular weight excluding hydrogens is 728 g/mol. The maximum atomic E-state index is 14.9. The van der Waals surface area contributed by atoms with Gasteiger partial charge in [0.1, 0.15) is 28.5 Å². The van der Waals surface area contributed by atoms with E-state index in [0.717, 1.165) is 28.3 Å². The van der Waals surface area contributed by atoms with Gasteiger partial charge >= 0.3 is 12.2 Å². The number of alkyl carbamates (subject to hydrolysis) is 1. The van der Waals surface area contributed by atoms with E-state index in [2.05, 4.69) is 5.32 Å². The van der Waals surface area contributed by atoms with Crippen LogP contribution in [0.15, 0.2) is 73.1 Å². The van der Waals surface area contributed by atoms with Gasteiger partial charge in [-0.15, -0.1) is 0 Å². The predicted molar refractivity (Wildman–Crippen MR) is 206 cm³/mol. The molecule has 0 unspecified atom stereocenters. The molecule has 14 heteroatoms. The minimum Gasteiger partial charge on any atom is -0.444 e. The number of carbonyl (C=O) groups excluding carboxylic acids is 2. The average molecular weight is 771 g/mol. The minimum atomic E-state index is -1.18. The first kappa shape index (κ1) is 38.4. The third kappa shape index (κ3) is 8.05. The lowest BCUT2D eigenvalue weighted by Gasteiger charge is -2.36. The highest BCUT2D eigenvalue weighted by atomic mass is 19.2. The number of nitrogens with zero attached hydrogens (tertiary/aromatic N) is 5. The Morgan fingerprint density at radius 2 is 1.48 bits per heavy atom. The van der Waals surface area contributed by atoms with E-state index in [-0.39, 0.29) is 28.5 Å². The molecule has 56 heavy (non-hydrogen) atoms. The van der Waals surface area contributed by atoms with Crippen molar-refractivity contribution in [3.05, 3.63) is 102 Å². The number of fused-ring (bicyclic) bond motifs is 2. The van der Waals surface area contributed by atoms with E-state index in [1.54, 1.807) is 53.9 Å². The molecule has 0 bridgehead atoms. The number of anilines is 1. The maximum absolute atomic E-state index is 14.9. The quantitative estimate of drug-likeness (QED) is 0.168. The van der Waals surface area contributed by atoms with E-state index >= 15 is 0 Å². The highest BCUT2D eigenvalue weighted by Gasteiger charge is 2.32. The largest absolute Gasteiger partial charge is 0.444 e. The fourth-order valence-corrected chi connectivity index (χ4v) is 7.03. The van der Waals surface area contributed by atoms with Crippen LogP contribution in [0, 0.1) is 23.3 Å². The number of ether oxygens (including phenoxy) is 2. The molecule has 0 atom stereocenters. The minimum absolute atomic E-state index is 0.000570. The van der Waals surface area contributed by atoms with E-state index in [4.69, 9.17) is 19.4 Å². The summed E-state index contributed by atoms with van der Waals surface area (Å²) in [6.45, 7) is 11.5. The standard InChI is InChI=1S/C42H42F4N6O4/c1-41(2,3)55-39(53)48-28-12-14-50(15-13-28)36-29(25-16-26(43)18-27(44)17-25)21-47-38-35(36)30(23-51(38)22-24-10-8-7-9-11-24)37-49-33-19-31(45)32(46)20-34(33)52(37)40(54)56-42(4,5)6/h7-11,16-21,23,28H,12-15,22H2,1-6H3,(H,48,53). The maximum Gasteiger partial charge on any atom is 0.420 e. The van der Waals surface area contributed by atoms with Crippen molar-refractivity contribution in [3.63, 3.8) is 0 Å². The van der Waals surface area contributed by atoms with E-state index in [1.807, 2.05) is 39.8 Å². The molecule has 0 saturated carbocycles. The van der Waals surface area contributed by atoms with Gasteiger partial charge < -0.3 is 24.3 Å². The van der Waals surface area contributed by atoms with Crippen LogP contribution in [0.3, 0.4) is 0 Å². The molecule has 0 radical (unpaired) electrons. The number of halogens is 4. The number of nitrogens with one attached hydrogen (secondary N) is 1. The summed E-state index contributed by atoms with van der Waals surface area (Å²) in [5.74, 6) is -3.89. The van der Waals surface area contributed by atoms with Crippen LogP contribution >= 0.6 is 0 Å². The van der Waals surface area contributed by atoms with Gasteiger partial charge in [-0.25, -0.2) is 41.7 Å². The van der Waals surface area contributed by atoms with Gasteiger partial charge in [0.2, 0.25) is 0 Å². The number of rotatable bonds is 6. The Morgan fingerprint density at radius 1 is 0.839 bits per heavy atom. The second kappa shape index (κ2) is 14.6. The van der Waals surface area contributed by atoms with Crippen LogP contribution in [0.2, 0.25) is 0 Å². The van der Waals surface area contributed by atoms with Gasteiger partial charge in [-0.1, -0.05) is 30.3 Å². The first-order valence-electron chi connectivity index (χ1n) is 18.3. The number of pyridine rings is 1. The van der Waals surface area contributed by atoms with Crippen LogP contribution in [0.25, 0.3) is 44.6 Å². The van der Waals surface area contributed by atoms with Crippen LogP contribution in [0.1, 0.15) is 59.9 Å². The van der Waals surface area contributed by atoms with Crippen molar-refractivity contribution >= 4 is 39.9 Å². The molecule has 1 aliphatic heterocycles. The first-order chi connectivity index (χ1) is 26.4. The lowest BCUT2D eigenvalue weighted by atomic mass is 9.98. The summed E-state index contributed by atoms with van der Waals surface area (Å²) in [5, 5.41) is 3.42. The van der Waals surface area contributed by atoms with Gasteiger partial charge in [0.05, 0.1) is 22.1 Å². The Kier molecular flexibility index (Phi) is 10.0. The van der Waals surface area contributed by atoms with Crippen molar-refractivity contribution in [3.8, 4) is 22.5 Å². The number of hydrogen-bond donors (Lipinski definition) is 1. The number of imidazole rings is 1. The zero-order valence-corrected chi connectivity index (χ0v) is 31.9. The Labute approximate surface area is 321 Å². The molecule has 3 aromatic carbocycles. The summed E-state index contributed by atoms with van der Waals surface area (Å²) in [5.41, 5.74) is 1.21. The monoisotopic (exact) mass is 770 g/mol. The second-order valence-corrected chi connectivity index (χ2v) is 15.9. The fourth-order valence-electron chi connectivity index (χ4n) is 7.03. The number of carbonyl (C=O) groups is 2. The van der Waals surface area contributed by atoms with Gasteiger partial charge in [-0.05, 0) is 77.6 Å². The summed E-state index contributed by atoms with van der Waals surface area (Å²) in [6.07, 6.45) is 2.90. The number of piperidine rings is 1. The number of benzene rings is 3. The lowest BCUT2D eigenvalue weighted by molar-refractivity contribution is 0.0494. The van der Waals surface area contributed by atoms with Crippen LogP contribution in [-0.4, -0.2) is 61.6 Å². The van der Waals surface area contributed by atoms with Crippen LogP contribution < -0.4 is 10.2 Å². The fraction of sp³-hybridized carbons (Fsp3) is 0.333. The molecule has 1 fully saturated rings. The van der Waals surface area contributed by atoms with E-state index in [9.17, 15) is 27.2 Å². The molecule has 292 valence electrons. The highest BCUT2D eigenvalue weighted by Crippen LogP contribution is 2.44. The Bertz CT molecular complexity index is 2440. The summed E-state index contributed by atoms with van der Waals surface area (Å²) in [4.78, 5) is 38.3. The van der Waals surface area contributed by atoms with E-state index in [0.29, 0.717) is 60.3 Å². The molecular formula is C42H42F4N6O4. The molecule has 0 spiro atoms. The van der Waals surface area contributed by atoms with Crippen molar-refractivity contribution < 1.29 is 36.6 Å². The van der Waals surface area contributed by atoms with Gasteiger partial charge in [0.25, 0.3) is 0 Å². The first-order valence-corrected chi connectivity index (χ1v) is 18.3. The average Bonchev–Trinajstić information content (AvgIpc) is 3.64. The number of amides is 1. The van der Waals surface area contributed by atoms with Crippen LogP contribution in [-0.2, 0) is 16.0 Å². The van der Waals surface area contributed by atoms with Gasteiger partial charge in [-0.2, -0.15) is 0 Å². The topological polar surface area (TPSA) is 104 Å². The zero-order chi connectivity index (χ0) is 40.1. The van der Waals surface area contributed by atoms with Crippen molar-refractivity contribution in [1.29, 1.82) is 0 Å². The highest BCUT2D eigenvalue weighted by molar-refractivity contribution is 6.09. The lowest BCUT2D eigenvalue weighted by Crippen LogP contribution is -2.46. The number of aromatic nitrogens is 4. The van der Waals surface area contributed by atoms with E-state index < -0.39 is 46.7 Å². The zero-order valence-electron chi connectivity index (χ0n) is 31.9. The van der Waals surface area contributed by atoms with Crippen molar-refractivity contribution in [2.45, 2.75) is 78.2 Å². The van der Waals surface area contributed by atoms with Gasteiger partial charge in [0.15, 0.2) is 17.5 Å². The number of hydrogen-bond acceptors (Lipinski definition) is 7. The molecule has 3 aromatic heterocycles. The molecule has 10 nitrogen and oxygen atoms in total. The van der Waals surface area contributed by atoms with Crippen LogP contribution in [0.4, 0.5) is 32.8 Å². The summed E-state index contributed by atoms with van der Waals surface area (Å²) in [6, 6.07) is 14.4. The van der Waals surface area contributed by atoms with E-state index in [1.165, 1.54) is 12.1 Å². The molecule has 1 saturated heterocycles. The summed E-state index contributed by atoms with van der Waals surface area (Å²) < 4.78 is 73.6. The Hall–Kier alpha value is -5.92. The molecule has 7 rings (SSSR count). The normalized spacial score (nSPS) is 14.1. The Morgan fingerprint density at radius 3 is 2.12 bits per heavy atom. The van der Waals surface area contributed by atoms with Gasteiger partial charge in [0, 0.05) is 67.4 Å². The van der Waals surface area contributed by atoms with Gasteiger partial charge in [-0.3, -0.25) is 0 Å². The molecule has 1 aliphatic rings. The molecule has 4 heterocycles. The third-order valence-corrected chi connectivity index (χ3v) is 9.27. The third-order valence-electron chi connectivity index (χ3n) is 9.27. The molecule has 6 aromatic rings. The molecule has 1 N–H and O–H groups in total. The SMILES string of the molecule is CC(C)(C)OC(=O)NC1CCN(c2c(-c3cc(F)cc(F)c3)cnc3c2c(-c2nc4cc(F)c(F)cc4n2C(=O)OC(C)(C)C)cn3Cc2ccccc2)CC1. The Balaban J connectivity index is 1.48. The summed E-state index contributed by atoms with van der Waals surface area (Å²) >= 11 is 0. The summed E-state index contributed by atoms with van der Waals surface area (Å²) in [7, 11) is 0. The van der Waals surface area contributed by atoms with Crippen molar-refractivity contribution in [2.75, 3.05) is 18.0 Å².